The molecule has 1 aliphatic heterocycles. The summed E-state index contributed by atoms with van der Waals surface area (Å²) < 4.78 is 40.9. The molecular formula is C13H13F3N4. The number of aromatic nitrogens is 3. The summed E-state index contributed by atoms with van der Waals surface area (Å²) in [4.78, 5) is 0. The van der Waals surface area contributed by atoms with E-state index in [1.54, 1.807) is 10.6 Å². The van der Waals surface area contributed by atoms with Gasteiger partial charge >= 0.3 is 6.18 Å². The van der Waals surface area contributed by atoms with Gasteiger partial charge in [-0.25, -0.2) is 0 Å². The number of nitrogens with zero attached hydrogens (tertiary/aromatic N) is 3. The minimum Gasteiger partial charge on any atom is -0.321 e. The maximum absolute atomic E-state index is 13.1. The maximum Gasteiger partial charge on any atom is 0.417 e. The second kappa shape index (κ2) is 4.59. The first-order valence-electron chi connectivity index (χ1n) is 6.34. The zero-order valence-corrected chi connectivity index (χ0v) is 10.6. The molecule has 0 bridgehead atoms. The molecule has 2 heterocycles. The third-order valence-corrected chi connectivity index (χ3v) is 3.48. The lowest BCUT2D eigenvalue weighted by Gasteiger charge is -2.21. The van der Waals surface area contributed by atoms with E-state index in [4.69, 9.17) is 5.73 Å². The molecular weight excluding hydrogens is 269 g/mol. The monoisotopic (exact) mass is 282 g/mol. The van der Waals surface area contributed by atoms with Crippen LogP contribution in [0.25, 0.3) is 11.4 Å². The molecule has 3 rings (SSSR count). The average Bonchev–Trinajstić information content (AvgIpc) is 2.83. The topological polar surface area (TPSA) is 56.7 Å². The Morgan fingerprint density at radius 1 is 1.20 bits per heavy atom. The van der Waals surface area contributed by atoms with Gasteiger partial charge in [0.1, 0.15) is 5.82 Å². The molecule has 1 aromatic carbocycles. The number of halogens is 3. The highest BCUT2D eigenvalue weighted by molar-refractivity contribution is 5.61. The van der Waals surface area contributed by atoms with E-state index in [9.17, 15) is 13.2 Å². The van der Waals surface area contributed by atoms with Crippen LogP contribution >= 0.6 is 0 Å². The van der Waals surface area contributed by atoms with Gasteiger partial charge in [0.05, 0.1) is 11.6 Å². The lowest BCUT2D eigenvalue weighted by molar-refractivity contribution is -0.137. The van der Waals surface area contributed by atoms with Crippen molar-refractivity contribution < 1.29 is 13.2 Å². The lowest BCUT2D eigenvalue weighted by Crippen LogP contribution is -2.22. The summed E-state index contributed by atoms with van der Waals surface area (Å²) in [5, 5.41) is 7.88. The van der Waals surface area contributed by atoms with Crippen LogP contribution in [0.4, 0.5) is 13.2 Å². The number of rotatable bonds is 1. The Bertz CT molecular complexity index is 633. The summed E-state index contributed by atoms with van der Waals surface area (Å²) in [7, 11) is 0. The van der Waals surface area contributed by atoms with Crippen molar-refractivity contribution in [3.05, 3.63) is 35.7 Å². The molecule has 0 spiro atoms. The van der Waals surface area contributed by atoms with Crippen LogP contribution in [0.15, 0.2) is 24.3 Å². The Balaban J connectivity index is 2.16. The predicted octanol–water partition coefficient (Wildman–Crippen LogP) is 2.76. The van der Waals surface area contributed by atoms with Crippen LogP contribution in [-0.4, -0.2) is 14.8 Å². The summed E-state index contributed by atoms with van der Waals surface area (Å²) in [5.41, 5.74) is 5.27. The summed E-state index contributed by atoms with van der Waals surface area (Å²) >= 11 is 0. The van der Waals surface area contributed by atoms with Gasteiger partial charge in [-0.15, -0.1) is 10.2 Å². The summed E-state index contributed by atoms with van der Waals surface area (Å²) in [6, 6.07) is 5.14. The van der Waals surface area contributed by atoms with E-state index in [1.807, 2.05) is 0 Å². The summed E-state index contributed by atoms with van der Waals surface area (Å²) in [6.45, 7) is 0.595. The fourth-order valence-electron chi connectivity index (χ4n) is 2.53. The highest BCUT2D eigenvalue weighted by Crippen LogP contribution is 2.37. The number of nitrogens with two attached hydrogens (primary N) is 1. The molecule has 0 aliphatic carbocycles. The minimum atomic E-state index is -4.42. The van der Waals surface area contributed by atoms with Gasteiger partial charge in [0, 0.05) is 12.1 Å². The van der Waals surface area contributed by atoms with Crippen LogP contribution < -0.4 is 5.73 Å². The zero-order valence-electron chi connectivity index (χ0n) is 10.6. The Kier molecular flexibility index (Phi) is 3.01. The SMILES string of the molecule is NC1CCCn2c(-c3ccccc3C(F)(F)F)nnc21. The molecule has 106 valence electrons. The molecule has 20 heavy (non-hydrogen) atoms. The molecule has 0 fully saturated rings. The molecule has 1 aliphatic rings. The van der Waals surface area contributed by atoms with Crippen LogP contribution in [0.5, 0.6) is 0 Å². The van der Waals surface area contributed by atoms with Crippen molar-refractivity contribution in [2.24, 2.45) is 5.73 Å². The van der Waals surface area contributed by atoms with Crippen LogP contribution in [0, 0.1) is 0 Å². The number of benzene rings is 1. The van der Waals surface area contributed by atoms with Crippen molar-refractivity contribution in [1.82, 2.24) is 14.8 Å². The molecule has 4 nitrogen and oxygen atoms in total. The van der Waals surface area contributed by atoms with Crippen LogP contribution in [-0.2, 0) is 12.7 Å². The Morgan fingerprint density at radius 2 is 1.95 bits per heavy atom. The van der Waals surface area contributed by atoms with E-state index in [2.05, 4.69) is 10.2 Å². The molecule has 0 radical (unpaired) electrons. The molecule has 0 amide bonds. The van der Waals surface area contributed by atoms with Crippen LogP contribution in [0.1, 0.15) is 30.3 Å². The number of alkyl halides is 3. The fourth-order valence-corrected chi connectivity index (χ4v) is 2.53. The smallest absolute Gasteiger partial charge is 0.321 e. The zero-order chi connectivity index (χ0) is 14.3. The van der Waals surface area contributed by atoms with E-state index in [1.165, 1.54) is 12.1 Å². The van der Waals surface area contributed by atoms with Gasteiger partial charge in [0.2, 0.25) is 0 Å². The first-order valence-corrected chi connectivity index (χ1v) is 6.34. The van der Waals surface area contributed by atoms with Crippen molar-refractivity contribution >= 4 is 0 Å². The standard InChI is InChI=1S/C13H13F3N4/c14-13(15,16)9-5-2-1-4-8(9)11-18-19-12-10(17)6-3-7-20(11)12/h1-2,4-5,10H,3,6-7,17H2. The average molecular weight is 282 g/mol. The van der Waals surface area contributed by atoms with Crippen LogP contribution in [0.2, 0.25) is 0 Å². The molecule has 0 saturated heterocycles. The fraction of sp³-hybridized carbons (Fsp3) is 0.385. The van der Waals surface area contributed by atoms with Crippen molar-refractivity contribution in [3.8, 4) is 11.4 Å². The van der Waals surface area contributed by atoms with Gasteiger partial charge in [-0.1, -0.05) is 18.2 Å². The Morgan fingerprint density at radius 3 is 2.70 bits per heavy atom. The molecule has 2 aromatic rings. The molecule has 1 aromatic heterocycles. The van der Waals surface area contributed by atoms with E-state index in [0.29, 0.717) is 12.4 Å². The second-order valence-electron chi connectivity index (χ2n) is 4.83. The molecule has 7 heteroatoms. The number of fused-ring (bicyclic) bond motifs is 1. The third kappa shape index (κ3) is 2.07. The predicted molar refractivity (Wildman–Crippen MR) is 66.6 cm³/mol. The van der Waals surface area contributed by atoms with Gasteiger partial charge in [0.25, 0.3) is 0 Å². The molecule has 2 N–H and O–H groups in total. The molecule has 1 atom stereocenters. The number of hydrogen-bond donors (Lipinski definition) is 1. The van der Waals surface area contributed by atoms with Gasteiger partial charge in [-0.3, -0.25) is 0 Å². The Hall–Kier alpha value is -1.89. The van der Waals surface area contributed by atoms with E-state index in [0.717, 1.165) is 18.9 Å². The van der Waals surface area contributed by atoms with Crippen molar-refractivity contribution in [2.75, 3.05) is 0 Å². The quantitative estimate of drug-likeness (QED) is 0.875. The van der Waals surface area contributed by atoms with Crippen molar-refractivity contribution in [1.29, 1.82) is 0 Å². The maximum atomic E-state index is 13.1. The van der Waals surface area contributed by atoms with E-state index < -0.39 is 11.7 Å². The summed E-state index contributed by atoms with van der Waals surface area (Å²) in [6.07, 6.45) is -2.83. The molecule has 0 saturated carbocycles. The van der Waals surface area contributed by atoms with E-state index >= 15 is 0 Å². The molecule has 1 unspecified atom stereocenters. The first kappa shape index (κ1) is 13.1. The van der Waals surface area contributed by atoms with E-state index in [-0.39, 0.29) is 17.4 Å². The minimum absolute atomic E-state index is 0.0489. The van der Waals surface area contributed by atoms with Gasteiger partial charge in [-0.05, 0) is 18.9 Å². The van der Waals surface area contributed by atoms with Gasteiger partial charge in [-0.2, -0.15) is 13.2 Å². The third-order valence-electron chi connectivity index (χ3n) is 3.48. The largest absolute Gasteiger partial charge is 0.417 e. The Labute approximate surface area is 113 Å². The summed E-state index contributed by atoms with van der Waals surface area (Å²) in [5.74, 6) is 0.798. The highest BCUT2D eigenvalue weighted by Gasteiger charge is 2.35. The normalized spacial score (nSPS) is 18.9. The van der Waals surface area contributed by atoms with Crippen molar-refractivity contribution in [2.45, 2.75) is 31.6 Å². The second-order valence-corrected chi connectivity index (χ2v) is 4.83. The van der Waals surface area contributed by atoms with Crippen molar-refractivity contribution in [3.63, 3.8) is 0 Å². The van der Waals surface area contributed by atoms with Crippen LogP contribution in [0.3, 0.4) is 0 Å². The number of hydrogen-bond acceptors (Lipinski definition) is 3. The van der Waals surface area contributed by atoms with Gasteiger partial charge < -0.3 is 10.3 Å². The highest BCUT2D eigenvalue weighted by atomic mass is 19.4. The lowest BCUT2D eigenvalue weighted by atomic mass is 10.0. The van der Waals surface area contributed by atoms with Gasteiger partial charge in [0.15, 0.2) is 5.82 Å². The first-order chi connectivity index (χ1) is 9.48.